The minimum Gasteiger partial charge on any atom is -0.488 e. The van der Waals surface area contributed by atoms with Crippen LogP contribution in [-0.2, 0) is 10.1 Å². The van der Waals surface area contributed by atoms with E-state index >= 15 is 0 Å². The van der Waals surface area contributed by atoms with Crippen molar-refractivity contribution in [2.45, 2.75) is 84.0 Å². The number of hydrogen-bond donors (Lipinski definition) is 1. The zero-order chi connectivity index (χ0) is 31.8. The fourth-order valence-electron chi connectivity index (χ4n) is 4.68. The summed E-state index contributed by atoms with van der Waals surface area (Å²) in [6, 6.07) is 25.7. The quantitative estimate of drug-likeness (QED) is 0.212. The highest BCUT2D eigenvalue weighted by molar-refractivity contribution is 7.86. The summed E-state index contributed by atoms with van der Waals surface area (Å²) in [6.07, 6.45) is 0. The van der Waals surface area contributed by atoms with Gasteiger partial charge < -0.3 is 14.2 Å². The van der Waals surface area contributed by atoms with Crippen LogP contribution < -0.4 is 14.2 Å². The molecule has 4 rings (SSSR count). The molecule has 0 radical (unpaired) electrons. The fraction of sp³-hybridized carbons (Fsp3) is 0.333. The molecule has 0 atom stereocenters. The smallest absolute Gasteiger partial charge is 0.295 e. The second-order valence-electron chi connectivity index (χ2n) is 13.6. The van der Waals surface area contributed by atoms with Crippen LogP contribution in [0.25, 0.3) is 33.4 Å². The van der Waals surface area contributed by atoms with E-state index in [0.717, 1.165) is 16.9 Å². The standard InChI is InChI=1S/C36H42O6S/c1-34(2,3)40-28-16-10-24(11-17-28)27-22-31(25-12-18-29(19-13-25)41-35(4,5)6)33(43(37,38)39)32(23-27)26-14-20-30(21-15-26)42-36(7,8)9/h10-23H,1-9H3,(H,37,38,39). The molecule has 0 aromatic heterocycles. The molecule has 0 unspecified atom stereocenters. The number of hydrogen-bond acceptors (Lipinski definition) is 5. The van der Waals surface area contributed by atoms with E-state index in [1.807, 2.05) is 86.6 Å². The molecule has 0 saturated carbocycles. The molecular formula is C36H42O6S. The summed E-state index contributed by atoms with van der Waals surface area (Å²) in [5, 5.41) is 0. The van der Waals surface area contributed by atoms with Crippen LogP contribution in [0, 0.1) is 0 Å². The van der Waals surface area contributed by atoms with Crippen LogP contribution in [0.2, 0.25) is 0 Å². The molecule has 228 valence electrons. The summed E-state index contributed by atoms with van der Waals surface area (Å²) in [7, 11) is -4.65. The van der Waals surface area contributed by atoms with Gasteiger partial charge in [0.25, 0.3) is 10.1 Å². The van der Waals surface area contributed by atoms with E-state index in [0.29, 0.717) is 33.8 Å². The normalized spacial score (nSPS) is 12.6. The third kappa shape index (κ3) is 8.85. The highest BCUT2D eigenvalue weighted by atomic mass is 32.2. The zero-order valence-electron chi connectivity index (χ0n) is 26.5. The zero-order valence-corrected chi connectivity index (χ0v) is 27.3. The van der Waals surface area contributed by atoms with Crippen molar-refractivity contribution < 1.29 is 27.2 Å². The molecular weight excluding hydrogens is 560 g/mol. The molecule has 4 aromatic rings. The highest BCUT2D eigenvalue weighted by Crippen LogP contribution is 2.41. The van der Waals surface area contributed by atoms with Gasteiger partial charge in [0.15, 0.2) is 0 Å². The van der Waals surface area contributed by atoms with Gasteiger partial charge in [-0.25, -0.2) is 0 Å². The van der Waals surface area contributed by atoms with Crippen molar-refractivity contribution >= 4 is 10.1 Å². The first kappa shape index (κ1) is 32.1. The van der Waals surface area contributed by atoms with E-state index in [4.69, 9.17) is 14.2 Å². The van der Waals surface area contributed by atoms with E-state index in [1.54, 1.807) is 60.7 Å². The number of ether oxygens (including phenoxy) is 3. The van der Waals surface area contributed by atoms with Crippen LogP contribution in [0.5, 0.6) is 17.2 Å². The van der Waals surface area contributed by atoms with Gasteiger partial charge in [0.1, 0.15) is 38.9 Å². The summed E-state index contributed by atoms with van der Waals surface area (Å²) in [5.74, 6) is 2.05. The molecule has 0 aliphatic carbocycles. The van der Waals surface area contributed by atoms with Crippen molar-refractivity contribution in [3.63, 3.8) is 0 Å². The summed E-state index contributed by atoms with van der Waals surface area (Å²) in [5.41, 5.74) is 2.53. The second kappa shape index (κ2) is 11.7. The van der Waals surface area contributed by atoms with Gasteiger partial charge in [0.05, 0.1) is 0 Å². The molecule has 0 spiro atoms. The minimum atomic E-state index is -4.65. The molecule has 0 aliphatic rings. The Morgan fingerprint density at radius 1 is 0.465 bits per heavy atom. The monoisotopic (exact) mass is 602 g/mol. The number of benzene rings is 4. The summed E-state index contributed by atoms with van der Waals surface area (Å²) >= 11 is 0. The van der Waals surface area contributed by atoms with Crippen LogP contribution >= 0.6 is 0 Å². The first-order valence-electron chi connectivity index (χ1n) is 14.3. The Morgan fingerprint density at radius 2 is 0.744 bits per heavy atom. The molecule has 0 fully saturated rings. The van der Waals surface area contributed by atoms with E-state index in [1.165, 1.54) is 0 Å². The predicted octanol–water partition coefficient (Wildman–Crippen LogP) is 9.47. The molecule has 0 amide bonds. The van der Waals surface area contributed by atoms with Crippen LogP contribution in [-0.4, -0.2) is 29.8 Å². The molecule has 4 aromatic carbocycles. The van der Waals surface area contributed by atoms with Crippen molar-refractivity contribution in [2.24, 2.45) is 0 Å². The molecule has 0 aliphatic heterocycles. The lowest BCUT2D eigenvalue weighted by Gasteiger charge is -2.22. The molecule has 43 heavy (non-hydrogen) atoms. The molecule has 0 bridgehead atoms. The van der Waals surface area contributed by atoms with E-state index in [-0.39, 0.29) is 21.7 Å². The van der Waals surface area contributed by atoms with Gasteiger partial charge in [-0.1, -0.05) is 36.4 Å². The second-order valence-corrected chi connectivity index (χ2v) is 15.0. The van der Waals surface area contributed by atoms with Crippen molar-refractivity contribution in [3.8, 4) is 50.6 Å². The minimum absolute atomic E-state index is 0.169. The lowest BCUT2D eigenvalue weighted by atomic mass is 9.93. The Bertz CT molecular complexity index is 1590. The topological polar surface area (TPSA) is 82.1 Å². The Hall–Kier alpha value is -3.81. The third-order valence-electron chi connectivity index (χ3n) is 6.14. The van der Waals surface area contributed by atoms with Gasteiger partial charge in [0, 0.05) is 11.1 Å². The molecule has 0 heterocycles. The maximum absolute atomic E-state index is 13.0. The van der Waals surface area contributed by atoms with Gasteiger partial charge in [-0.05, 0) is 133 Å². The van der Waals surface area contributed by atoms with Gasteiger partial charge in [0.2, 0.25) is 0 Å². The molecule has 0 saturated heterocycles. The summed E-state index contributed by atoms with van der Waals surface area (Å²) < 4.78 is 54.6. The third-order valence-corrected chi connectivity index (χ3v) is 7.09. The Morgan fingerprint density at radius 3 is 1.00 bits per heavy atom. The Balaban J connectivity index is 1.92. The first-order valence-corrected chi connectivity index (χ1v) is 15.8. The van der Waals surface area contributed by atoms with Gasteiger partial charge in [-0.2, -0.15) is 8.42 Å². The average Bonchev–Trinajstić information content (AvgIpc) is 2.86. The van der Waals surface area contributed by atoms with Crippen molar-refractivity contribution in [2.75, 3.05) is 0 Å². The lowest BCUT2D eigenvalue weighted by Crippen LogP contribution is -2.22. The van der Waals surface area contributed by atoms with Gasteiger partial charge >= 0.3 is 0 Å². The maximum atomic E-state index is 13.0. The van der Waals surface area contributed by atoms with E-state index in [9.17, 15) is 13.0 Å². The van der Waals surface area contributed by atoms with Crippen LogP contribution in [0.15, 0.2) is 89.8 Å². The largest absolute Gasteiger partial charge is 0.488 e. The molecule has 1 N–H and O–H groups in total. The fourth-order valence-corrected chi connectivity index (χ4v) is 5.59. The van der Waals surface area contributed by atoms with Gasteiger partial charge in [-0.3, -0.25) is 4.55 Å². The molecule has 7 heteroatoms. The Kier molecular flexibility index (Phi) is 8.74. The van der Waals surface area contributed by atoms with Crippen molar-refractivity contribution in [1.82, 2.24) is 0 Å². The average molecular weight is 603 g/mol. The Labute approximate surface area is 256 Å². The summed E-state index contributed by atoms with van der Waals surface area (Å²) in [4.78, 5) is -0.169. The lowest BCUT2D eigenvalue weighted by molar-refractivity contribution is 0.130. The van der Waals surface area contributed by atoms with Gasteiger partial charge in [-0.15, -0.1) is 0 Å². The maximum Gasteiger partial charge on any atom is 0.295 e. The van der Waals surface area contributed by atoms with E-state index < -0.39 is 10.1 Å². The predicted molar refractivity (Wildman–Crippen MR) is 174 cm³/mol. The molecule has 6 nitrogen and oxygen atoms in total. The first-order chi connectivity index (χ1) is 19.8. The van der Waals surface area contributed by atoms with Crippen molar-refractivity contribution in [1.29, 1.82) is 0 Å². The van der Waals surface area contributed by atoms with Crippen LogP contribution in [0.3, 0.4) is 0 Å². The van der Waals surface area contributed by atoms with Crippen LogP contribution in [0.4, 0.5) is 0 Å². The van der Waals surface area contributed by atoms with Crippen molar-refractivity contribution in [3.05, 3.63) is 84.9 Å². The van der Waals surface area contributed by atoms with E-state index in [2.05, 4.69) is 0 Å². The summed E-state index contributed by atoms with van der Waals surface area (Å²) in [6.45, 7) is 17.7. The highest BCUT2D eigenvalue weighted by Gasteiger charge is 2.25. The number of rotatable bonds is 7. The van der Waals surface area contributed by atoms with Crippen LogP contribution in [0.1, 0.15) is 62.3 Å². The SMILES string of the molecule is CC(C)(C)Oc1ccc(-c2cc(-c3ccc(OC(C)(C)C)cc3)c(S(=O)(=O)O)c(-c3ccc(OC(C)(C)C)cc3)c2)cc1.